The van der Waals surface area contributed by atoms with Crippen molar-refractivity contribution in [2.45, 2.75) is 44.9 Å². The molecule has 0 amide bonds. The van der Waals surface area contributed by atoms with Crippen molar-refractivity contribution in [1.29, 1.82) is 0 Å². The number of pyridine rings is 1. The van der Waals surface area contributed by atoms with E-state index in [4.69, 9.17) is 14.1 Å². The monoisotopic (exact) mass is 383 g/mol. The fraction of sp³-hybridized carbons (Fsp3) is 0.571. The Labute approximate surface area is 165 Å². The number of imidazole rings is 1. The van der Waals surface area contributed by atoms with Gasteiger partial charge in [0, 0.05) is 38.3 Å². The predicted octanol–water partition coefficient (Wildman–Crippen LogP) is 3.72. The van der Waals surface area contributed by atoms with Crippen molar-refractivity contribution in [2.75, 3.05) is 33.4 Å². The Bertz CT molecular complexity index is 909. The van der Waals surface area contributed by atoms with Gasteiger partial charge in [0.1, 0.15) is 5.82 Å². The fourth-order valence-electron chi connectivity index (χ4n) is 3.96. The Morgan fingerprint density at radius 3 is 2.79 bits per heavy atom. The standard InChI is InChI=1S/C21H29N5O2/c1-15(2)19-22-18(17-7-4-5-11-26(17)19)21-24-23-20(28-21)16-8-12-25(13-9-16)10-6-14-27-3/h4-5,7,11,15-16H,6,8-10,12-14H2,1-3H3. The van der Waals surface area contributed by atoms with Crippen LogP contribution >= 0.6 is 0 Å². The van der Waals surface area contributed by atoms with E-state index in [0.29, 0.717) is 17.7 Å². The maximum atomic E-state index is 6.11. The van der Waals surface area contributed by atoms with Crippen molar-refractivity contribution in [3.05, 3.63) is 36.1 Å². The Balaban J connectivity index is 1.49. The highest BCUT2D eigenvalue weighted by Gasteiger charge is 2.26. The lowest BCUT2D eigenvalue weighted by Gasteiger charge is -2.30. The molecule has 1 fully saturated rings. The topological polar surface area (TPSA) is 68.7 Å². The van der Waals surface area contributed by atoms with Gasteiger partial charge < -0.3 is 18.5 Å². The van der Waals surface area contributed by atoms with Crippen molar-refractivity contribution in [2.24, 2.45) is 0 Å². The van der Waals surface area contributed by atoms with Gasteiger partial charge in [-0.05, 0) is 44.5 Å². The molecule has 3 aromatic heterocycles. The second kappa shape index (κ2) is 8.41. The summed E-state index contributed by atoms with van der Waals surface area (Å²) in [5, 5.41) is 8.71. The Morgan fingerprint density at radius 1 is 1.21 bits per heavy atom. The van der Waals surface area contributed by atoms with Crippen LogP contribution < -0.4 is 0 Å². The zero-order valence-corrected chi connectivity index (χ0v) is 17.0. The highest BCUT2D eigenvalue weighted by molar-refractivity contribution is 5.72. The number of aromatic nitrogens is 4. The van der Waals surface area contributed by atoms with Gasteiger partial charge in [-0.25, -0.2) is 4.98 Å². The molecule has 150 valence electrons. The summed E-state index contributed by atoms with van der Waals surface area (Å²) < 4.78 is 13.4. The van der Waals surface area contributed by atoms with Gasteiger partial charge in [0.05, 0.1) is 5.52 Å². The highest BCUT2D eigenvalue weighted by Crippen LogP contribution is 2.31. The maximum Gasteiger partial charge on any atom is 0.268 e. The first kappa shape index (κ1) is 19.1. The molecule has 0 aromatic carbocycles. The number of rotatable bonds is 7. The normalized spacial score (nSPS) is 16.4. The third-order valence-corrected chi connectivity index (χ3v) is 5.49. The van der Waals surface area contributed by atoms with Crippen LogP contribution in [0.5, 0.6) is 0 Å². The largest absolute Gasteiger partial charge is 0.419 e. The van der Waals surface area contributed by atoms with Gasteiger partial charge >= 0.3 is 0 Å². The number of nitrogens with zero attached hydrogens (tertiary/aromatic N) is 5. The predicted molar refractivity (Wildman–Crippen MR) is 107 cm³/mol. The molecule has 0 atom stereocenters. The van der Waals surface area contributed by atoms with Crippen molar-refractivity contribution in [3.63, 3.8) is 0 Å². The summed E-state index contributed by atoms with van der Waals surface area (Å²) in [5.74, 6) is 2.92. The first-order chi connectivity index (χ1) is 13.7. The second-order valence-corrected chi connectivity index (χ2v) is 7.84. The molecule has 28 heavy (non-hydrogen) atoms. The molecule has 1 saturated heterocycles. The van der Waals surface area contributed by atoms with E-state index >= 15 is 0 Å². The van der Waals surface area contributed by atoms with Gasteiger partial charge in [-0.15, -0.1) is 10.2 Å². The van der Waals surface area contributed by atoms with Crippen molar-refractivity contribution >= 4 is 5.52 Å². The summed E-state index contributed by atoms with van der Waals surface area (Å²) in [5.41, 5.74) is 1.79. The van der Waals surface area contributed by atoms with Gasteiger partial charge in [-0.1, -0.05) is 19.9 Å². The lowest BCUT2D eigenvalue weighted by molar-refractivity contribution is 0.154. The first-order valence-electron chi connectivity index (χ1n) is 10.2. The van der Waals surface area contributed by atoms with E-state index in [9.17, 15) is 0 Å². The van der Waals surface area contributed by atoms with E-state index in [1.54, 1.807) is 7.11 Å². The van der Waals surface area contributed by atoms with Crippen LogP contribution in [0.1, 0.15) is 56.7 Å². The molecule has 7 heteroatoms. The summed E-state index contributed by atoms with van der Waals surface area (Å²) in [6, 6.07) is 6.09. The van der Waals surface area contributed by atoms with Crippen LogP contribution in [0.25, 0.3) is 17.1 Å². The van der Waals surface area contributed by atoms with Crippen LogP contribution in [0.15, 0.2) is 28.8 Å². The first-order valence-corrected chi connectivity index (χ1v) is 10.2. The van der Waals surface area contributed by atoms with Crippen LogP contribution in [0.4, 0.5) is 0 Å². The van der Waals surface area contributed by atoms with Gasteiger partial charge in [0.25, 0.3) is 5.89 Å². The summed E-state index contributed by atoms with van der Waals surface area (Å²) >= 11 is 0. The maximum absolute atomic E-state index is 6.11. The molecule has 0 unspecified atom stereocenters. The van der Waals surface area contributed by atoms with Gasteiger partial charge in [0.15, 0.2) is 5.69 Å². The molecule has 1 aliphatic rings. The number of hydrogen-bond donors (Lipinski definition) is 0. The van der Waals surface area contributed by atoms with Gasteiger partial charge in [-0.2, -0.15) is 0 Å². The quantitative estimate of drug-likeness (QED) is 0.579. The molecule has 3 aromatic rings. The zero-order valence-electron chi connectivity index (χ0n) is 17.0. The number of methoxy groups -OCH3 is 1. The number of ether oxygens (including phenoxy) is 1. The third kappa shape index (κ3) is 3.82. The van der Waals surface area contributed by atoms with E-state index in [1.165, 1.54) is 0 Å². The van der Waals surface area contributed by atoms with Crippen molar-refractivity contribution in [1.82, 2.24) is 24.5 Å². The third-order valence-electron chi connectivity index (χ3n) is 5.49. The van der Waals surface area contributed by atoms with E-state index in [1.807, 2.05) is 18.3 Å². The summed E-state index contributed by atoms with van der Waals surface area (Å²) in [6.07, 6.45) is 5.22. The molecule has 0 spiro atoms. The van der Waals surface area contributed by atoms with Crippen LogP contribution in [0, 0.1) is 0 Å². The van der Waals surface area contributed by atoms with Gasteiger partial charge in [-0.3, -0.25) is 0 Å². The minimum Gasteiger partial charge on any atom is -0.419 e. The summed E-state index contributed by atoms with van der Waals surface area (Å²) in [7, 11) is 1.76. The Morgan fingerprint density at radius 2 is 2.04 bits per heavy atom. The van der Waals surface area contributed by atoms with E-state index in [-0.39, 0.29) is 0 Å². The van der Waals surface area contributed by atoms with E-state index < -0.39 is 0 Å². The molecule has 4 heterocycles. The molecule has 0 aliphatic carbocycles. The molecular weight excluding hydrogens is 354 g/mol. The molecule has 0 bridgehead atoms. The van der Waals surface area contributed by atoms with Gasteiger partial charge in [0.2, 0.25) is 5.89 Å². The number of fused-ring (bicyclic) bond motifs is 1. The average Bonchev–Trinajstić information content (AvgIpc) is 3.34. The minimum atomic E-state index is 0.313. The average molecular weight is 383 g/mol. The second-order valence-electron chi connectivity index (χ2n) is 7.84. The van der Waals surface area contributed by atoms with E-state index in [0.717, 1.165) is 68.4 Å². The molecule has 1 aliphatic heterocycles. The Hall–Kier alpha value is -2.25. The molecule has 0 radical (unpaired) electrons. The minimum absolute atomic E-state index is 0.313. The van der Waals surface area contributed by atoms with Crippen molar-refractivity contribution in [3.8, 4) is 11.6 Å². The zero-order chi connectivity index (χ0) is 19.5. The Kier molecular flexibility index (Phi) is 5.73. The molecule has 0 N–H and O–H groups in total. The molecule has 4 rings (SSSR count). The molecule has 7 nitrogen and oxygen atoms in total. The molecule has 0 saturated carbocycles. The lowest BCUT2D eigenvalue weighted by atomic mass is 9.97. The number of piperidine rings is 1. The van der Waals surface area contributed by atoms with Crippen LogP contribution in [0.2, 0.25) is 0 Å². The van der Waals surface area contributed by atoms with Crippen molar-refractivity contribution < 1.29 is 9.15 Å². The van der Waals surface area contributed by atoms with Crippen LogP contribution in [-0.4, -0.2) is 57.8 Å². The lowest BCUT2D eigenvalue weighted by Crippen LogP contribution is -2.34. The fourth-order valence-corrected chi connectivity index (χ4v) is 3.96. The number of hydrogen-bond acceptors (Lipinski definition) is 6. The van der Waals surface area contributed by atoms with E-state index in [2.05, 4.69) is 39.4 Å². The highest BCUT2D eigenvalue weighted by atomic mass is 16.5. The molecular formula is C21H29N5O2. The smallest absolute Gasteiger partial charge is 0.268 e. The van der Waals surface area contributed by atoms with Crippen LogP contribution in [0.3, 0.4) is 0 Å². The number of likely N-dealkylation sites (tertiary alicyclic amines) is 1. The summed E-state index contributed by atoms with van der Waals surface area (Å²) in [6.45, 7) is 8.34. The summed E-state index contributed by atoms with van der Waals surface area (Å²) in [4.78, 5) is 7.31. The van der Waals surface area contributed by atoms with Crippen LogP contribution in [-0.2, 0) is 4.74 Å². The SMILES string of the molecule is COCCCN1CCC(c2nnc(-c3nc(C(C)C)n4ccccc34)o2)CC1.